The van der Waals surface area contributed by atoms with E-state index in [1.807, 2.05) is 17.0 Å². The Morgan fingerprint density at radius 2 is 2.23 bits per heavy atom. The van der Waals surface area contributed by atoms with Crippen molar-refractivity contribution in [3.05, 3.63) is 35.8 Å². The fourth-order valence-electron chi connectivity index (χ4n) is 4.14. The van der Waals surface area contributed by atoms with E-state index in [1.54, 1.807) is 0 Å². The molecule has 2 bridgehead atoms. The molecule has 0 N–H and O–H groups in total. The highest BCUT2D eigenvalue weighted by Gasteiger charge is 2.43. The number of hydrogen-bond acceptors (Lipinski definition) is 3. The average molecular weight is 301 g/mol. The van der Waals surface area contributed by atoms with Gasteiger partial charge in [0.2, 0.25) is 5.91 Å². The molecule has 2 fully saturated rings. The molecule has 4 rings (SSSR count). The zero-order valence-corrected chi connectivity index (χ0v) is 13.0. The number of furan rings is 1. The third kappa shape index (κ3) is 2.30. The number of morpholine rings is 1. The van der Waals surface area contributed by atoms with Gasteiger partial charge in [0.25, 0.3) is 0 Å². The molecule has 1 saturated carbocycles. The van der Waals surface area contributed by atoms with Gasteiger partial charge in [-0.1, -0.05) is 19.1 Å². The Bertz CT molecular complexity index is 591. The number of carbonyl (C=O) groups excluding carboxylic acids is 1. The highest BCUT2D eigenvalue weighted by molar-refractivity contribution is 5.80. The van der Waals surface area contributed by atoms with Crippen LogP contribution in [0, 0.1) is 17.8 Å². The number of hydrogen-bond donors (Lipinski definition) is 0. The van der Waals surface area contributed by atoms with Crippen molar-refractivity contribution in [3.8, 4) is 0 Å². The first-order valence-corrected chi connectivity index (χ1v) is 8.41. The minimum absolute atomic E-state index is 0.0651. The first kappa shape index (κ1) is 14.1. The molecule has 0 radical (unpaired) electrons. The van der Waals surface area contributed by atoms with Gasteiger partial charge in [-0.3, -0.25) is 4.79 Å². The van der Waals surface area contributed by atoms with Crippen LogP contribution in [0.1, 0.15) is 37.3 Å². The van der Waals surface area contributed by atoms with Crippen molar-refractivity contribution in [2.75, 3.05) is 19.8 Å². The fourth-order valence-corrected chi connectivity index (χ4v) is 4.14. The number of fused-ring (bicyclic) bond motifs is 2. The Morgan fingerprint density at radius 1 is 1.32 bits per heavy atom. The van der Waals surface area contributed by atoms with Crippen LogP contribution in [-0.4, -0.2) is 30.6 Å². The third-order valence-electron chi connectivity index (χ3n) is 5.37. The maximum Gasteiger partial charge on any atom is 0.227 e. The van der Waals surface area contributed by atoms with E-state index in [0.717, 1.165) is 30.8 Å². The summed E-state index contributed by atoms with van der Waals surface area (Å²) < 4.78 is 11.5. The van der Waals surface area contributed by atoms with Crippen LogP contribution in [0.2, 0.25) is 0 Å². The van der Waals surface area contributed by atoms with Gasteiger partial charge in [0, 0.05) is 18.9 Å². The molecule has 1 saturated heterocycles. The molecule has 3 aliphatic rings. The minimum atomic E-state index is -0.0651. The number of aryl methyl sites for hydroxylation is 1. The standard InChI is InChI=1S/C18H23NO3/c1-2-14-5-6-17(22-14)16-11-21-8-7-19(16)18(20)15-10-12-3-4-13(15)9-12/h3-6,12-13,15-16H,2,7-11H2,1H3/t12-,13-,15-,16-/m0/s1. The van der Waals surface area contributed by atoms with Crippen molar-refractivity contribution in [3.63, 3.8) is 0 Å². The van der Waals surface area contributed by atoms with Crippen molar-refractivity contribution in [1.82, 2.24) is 4.90 Å². The number of ether oxygens (including phenoxy) is 1. The summed E-state index contributed by atoms with van der Waals surface area (Å²) in [5.41, 5.74) is 0. The van der Waals surface area contributed by atoms with E-state index in [1.165, 1.54) is 0 Å². The lowest BCUT2D eigenvalue weighted by atomic mass is 9.91. The van der Waals surface area contributed by atoms with Gasteiger partial charge in [0.1, 0.15) is 17.6 Å². The van der Waals surface area contributed by atoms with Crippen LogP contribution < -0.4 is 0 Å². The Morgan fingerprint density at radius 3 is 2.91 bits per heavy atom. The Hall–Kier alpha value is -1.55. The second kappa shape index (κ2) is 5.58. The van der Waals surface area contributed by atoms with Gasteiger partial charge < -0.3 is 14.1 Å². The zero-order chi connectivity index (χ0) is 15.1. The summed E-state index contributed by atoms with van der Waals surface area (Å²) in [4.78, 5) is 15.0. The number of amides is 1. The lowest BCUT2D eigenvalue weighted by Crippen LogP contribution is -2.46. The molecule has 1 amide bonds. The molecule has 22 heavy (non-hydrogen) atoms. The summed E-state index contributed by atoms with van der Waals surface area (Å²) >= 11 is 0. The minimum Gasteiger partial charge on any atom is -0.464 e. The summed E-state index contributed by atoms with van der Waals surface area (Å²) in [5.74, 6) is 3.35. The second-order valence-electron chi connectivity index (χ2n) is 6.67. The highest BCUT2D eigenvalue weighted by Crippen LogP contribution is 2.45. The lowest BCUT2D eigenvalue weighted by molar-refractivity contribution is -0.146. The third-order valence-corrected chi connectivity index (χ3v) is 5.37. The van der Waals surface area contributed by atoms with Crippen LogP contribution in [0.4, 0.5) is 0 Å². The van der Waals surface area contributed by atoms with E-state index in [0.29, 0.717) is 37.5 Å². The molecule has 4 atom stereocenters. The van der Waals surface area contributed by atoms with Crippen LogP contribution in [0.5, 0.6) is 0 Å². The number of allylic oxidation sites excluding steroid dienone is 2. The SMILES string of the molecule is CCc1ccc([C@@H]2COCCN2C(=O)[C@H]2C[C@H]3C=C[C@H]2C3)o1. The molecule has 1 aliphatic heterocycles. The second-order valence-corrected chi connectivity index (χ2v) is 6.67. The molecule has 2 heterocycles. The van der Waals surface area contributed by atoms with Gasteiger partial charge in [0.05, 0.1) is 13.2 Å². The van der Waals surface area contributed by atoms with Gasteiger partial charge in [0.15, 0.2) is 0 Å². The number of carbonyl (C=O) groups is 1. The predicted molar refractivity (Wildman–Crippen MR) is 82.2 cm³/mol. The monoisotopic (exact) mass is 301 g/mol. The summed E-state index contributed by atoms with van der Waals surface area (Å²) in [7, 11) is 0. The topological polar surface area (TPSA) is 42.7 Å². The zero-order valence-electron chi connectivity index (χ0n) is 13.0. The van der Waals surface area contributed by atoms with Crippen LogP contribution >= 0.6 is 0 Å². The average Bonchev–Trinajstić information content (AvgIpc) is 3.30. The molecular weight excluding hydrogens is 278 g/mol. The van der Waals surface area contributed by atoms with Gasteiger partial charge in [-0.25, -0.2) is 0 Å². The molecule has 0 aromatic carbocycles. The van der Waals surface area contributed by atoms with E-state index in [9.17, 15) is 4.79 Å². The van der Waals surface area contributed by atoms with E-state index in [4.69, 9.17) is 9.15 Å². The van der Waals surface area contributed by atoms with E-state index >= 15 is 0 Å². The Labute approximate surface area is 131 Å². The molecule has 1 aromatic heterocycles. The van der Waals surface area contributed by atoms with Crippen LogP contribution in [0.15, 0.2) is 28.7 Å². The van der Waals surface area contributed by atoms with Gasteiger partial charge >= 0.3 is 0 Å². The van der Waals surface area contributed by atoms with Gasteiger partial charge in [-0.2, -0.15) is 0 Å². The van der Waals surface area contributed by atoms with Crippen LogP contribution in [-0.2, 0) is 16.0 Å². The lowest BCUT2D eigenvalue weighted by Gasteiger charge is -2.37. The van der Waals surface area contributed by atoms with Gasteiger partial charge in [-0.05, 0) is 36.8 Å². The number of nitrogens with zero attached hydrogens (tertiary/aromatic N) is 1. The molecule has 0 unspecified atom stereocenters. The molecule has 2 aliphatic carbocycles. The maximum absolute atomic E-state index is 13.0. The smallest absolute Gasteiger partial charge is 0.227 e. The largest absolute Gasteiger partial charge is 0.464 e. The van der Waals surface area contributed by atoms with Crippen LogP contribution in [0.25, 0.3) is 0 Å². The number of rotatable bonds is 3. The predicted octanol–water partition coefficient (Wildman–Crippen LogP) is 2.95. The maximum atomic E-state index is 13.0. The molecule has 118 valence electrons. The first-order valence-electron chi connectivity index (χ1n) is 8.41. The fraction of sp³-hybridized carbons (Fsp3) is 0.611. The normalized spacial score (nSPS) is 33.6. The summed E-state index contributed by atoms with van der Waals surface area (Å²) in [6, 6.07) is 3.94. The molecule has 4 heteroatoms. The van der Waals surface area contributed by atoms with Crippen molar-refractivity contribution >= 4 is 5.91 Å². The van der Waals surface area contributed by atoms with Crippen molar-refractivity contribution in [2.45, 2.75) is 32.2 Å². The van der Waals surface area contributed by atoms with E-state index < -0.39 is 0 Å². The highest BCUT2D eigenvalue weighted by atomic mass is 16.5. The van der Waals surface area contributed by atoms with Crippen LogP contribution in [0.3, 0.4) is 0 Å². The van der Waals surface area contributed by atoms with Crippen molar-refractivity contribution < 1.29 is 13.9 Å². The molecule has 1 aromatic rings. The Kier molecular flexibility index (Phi) is 3.57. The molecule has 0 spiro atoms. The summed E-state index contributed by atoms with van der Waals surface area (Å²) in [6.45, 7) is 3.91. The summed E-state index contributed by atoms with van der Waals surface area (Å²) in [5, 5.41) is 0. The summed E-state index contributed by atoms with van der Waals surface area (Å²) in [6.07, 6.45) is 7.58. The molecular formula is C18H23NO3. The van der Waals surface area contributed by atoms with Crippen molar-refractivity contribution in [1.29, 1.82) is 0 Å². The Balaban J connectivity index is 1.55. The first-order chi connectivity index (χ1) is 10.8. The van der Waals surface area contributed by atoms with E-state index in [2.05, 4.69) is 19.1 Å². The van der Waals surface area contributed by atoms with Crippen molar-refractivity contribution in [2.24, 2.45) is 17.8 Å². The quantitative estimate of drug-likeness (QED) is 0.806. The van der Waals surface area contributed by atoms with Gasteiger partial charge in [-0.15, -0.1) is 0 Å². The van der Waals surface area contributed by atoms with E-state index in [-0.39, 0.29) is 12.0 Å². The molecule has 4 nitrogen and oxygen atoms in total.